The van der Waals surface area contributed by atoms with Crippen molar-refractivity contribution in [2.75, 3.05) is 0 Å². The molecule has 2 aromatic rings. The summed E-state index contributed by atoms with van der Waals surface area (Å²) in [5.74, 6) is 0.604. The van der Waals surface area contributed by atoms with Crippen LogP contribution in [0, 0.1) is 0 Å². The molecule has 1 aliphatic carbocycles. The second-order valence-corrected chi connectivity index (χ2v) is 7.13. The lowest BCUT2D eigenvalue weighted by molar-refractivity contribution is 0.530. The van der Waals surface area contributed by atoms with Crippen LogP contribution in [0.3, 0.4) is 0 Å². The van der Waals surface area contributed by atoms with Gasteiger partial charge in [-0.05, 0) is 53.1 Å². The number of hydrogen-bond donors (Lipinski definition) is 1. The number of fused-ring (bicyclic) bond motifs is 1. The fraction of sp³-hybridized carbons (Fsp3) is 0.368. The summed E-state index contributed by atoms with van der Waals surface area (Å²) < 4.78 is 1.19. The molecule has 0 spiro atoms. The first-order chi connectivity index (χ1) is 10.1. The van der Waals surface area contributed by atoms with E-state index in [1.54, 1.807) is 0 Å². The number of aryl methyl sites for hydroxylation is 1. The molecule has 0 radical (unpaired) electrons. The van der Waals surface area contributed by atoms with Crippen molar-refractivity contribution >= 4 is 15.9 Å². The van der Waals surface area contributed by atoms with Gasteiger partial charge in [-0.2, -0.15) is 0 Å². The quantitative estimate of drug-likeness (QED) is 0.788. The minimum absolute atomic E-state index is 0.498. The van der Waals surface area contributed by atoms with Crippen LogP contribution in [0.1, 0.15) is 54.5 Å². The summed E-state index contributed by atoms with van der Waals surface area (Å²) in [6.45, 7) is 5.42. The first-order valence-electron chi connectivity index (χ1n) is 7.74. The molecule has 110 valence electrons. The first kappa shape index (κ1) is 14.8. The molecule has 1 atom stereocenters. The van der Waals surface area contributed by atoms with Crippen LogP contribution >= 0.6 is 15.9 Å². The van der Waals surface area contributed by atoms with Gasteiger partial charge in [-0.25, -0.2) is 0 Å². The molecule has 0 amide bonds. The van der Waals surface area contributed by atoms with Gasteiger partial charge in [-0.1, -0.05) is 60.1 Å². The van der Waals surface area contributed by atoms with Gasteiger partial charge in [0.05, 0.1) is 0 Å². The second-order valence-electron chi connectivity index (χ2n) is 6.21. The van der Waals surface area contributed by atoms with Gasteiger partial charge in [0.2, 0.25) is 0 Å². The van der Waals surface area contributed by atoms with Crippen LogP contribution in [-0.4, -0.2) is 0 Å². The van der Waals surface area contributed by atoms with E-state index in [1.807, 2.05) is 0 Å². The number of hydrogen-bond acceptors (Lipinski definition) is 1. The molecule has 1 N–H and O–H groups in total. The summed E-state index contributed by atoms with van der Waals surface area (Å²) in [6.07, 6.45) is 2.38. The molecule has 0 aromatic heterocycles. The number of nitrogens with one attached hydrogen (secondary N) is 1. The fourth-order valence-corrected chi connectivity index (χ4v) is 3.47. The molecular weight excluding hydrogens is 322 g/mol. The number of rotatable bonds is 4. The molecule has 0 bridgehead atoms. The van der Waals surface area contributed by atoms with E-state index in [0.29, 0.717) is 12.0 Å². The standard InChI is InChI=1S/C19H22BrN/c1-13(2)15-5-3-14(4-6-15)12-21-19-10-7-16-11-17(20)8-9-18(16)19/h3-6,8-9,11,13,19,21H,7,10,12H2,1-2H3. The van der Waals surface area contributed by atoms with E-state index in [0.717, 1.165) is 6.54 Å². The number of halogens is 1. The van der Waals surface area contributed by atoms with Crippen molar-refractivity contribution < 1.29 is 0 Å². The molecule has 3 rings (SSSR count). The van der Waals surface area contributed by atoms with Gasteiger partial charge in [0.15, 0.2) is 0 Å². The Morgan fingerprint density at radius 1 is 1.14 bits per heavy atom. The summed E-state index contributed by atoms with van der Waals surface area (Å²) in [4.78, 5) is 0. The normalized spacial score (nSPS) is 17.2. The highest BCUT2D eigenvalue weighted by atomic mass is 79.9. The van der Waals surface area contributed by atoms with Crippen molar-refractivity contribution in [1.82, 2.24) is 5.32 Å². The van der Waals surface area contributed by atoms with E-state index >= 15 is 0 Å². The van der Waals surface area contributed by atoms with E-state index in [4.69, 9.17) is 0 Å². The minimum atomic E-state index is 0.498. The summed E-state index contributed by atoms with van der Waals surface area (Å²) in [5.41, 5.74) is 5.73. The maximum atomic E-state index is 3.71. The third-order valence-electron chi connectivity index (χ3n) is 4.38. The topological polar surface area (TPSA) is 12.0 Å². The van der Waals surface area contributed by atoms with Gasteiger partial charge in [0.25, 0.3) is 0 Å². The van der Waals surface area contributed by atoms with E-state index < -0.39 is 0 Å². The highest BCUT2D eigenvalue weighted by Gasteiger charge is 2.21. The molecule has 2 aromatic carbocycles. The Hall–Kier alpha value is -1.12. The van der Waals surface area contributed by atoms with Crippen molar-refractivity contribution in [2.24, 2.45) is 0 Å². The lowest BCUT2D eigenvalue weighted by Crippen LogP contribution is -2.18. The Morgan fingerprint density at radius 2 is 1.90 bits per heavy atom. The van der Waals surface area contributed by atoms with E-state index in [1.165, 1.54) is 39.6 Å². The van der Waals surface area contributed by atoms with E-state index in [2.05, 4.69) is 77.6 Å². The monoisotopic (exact) mass is 343 g/mol. The number of benzene rings is 2. The molecule has 0 heterocycles. The van der Waals surface area contributed by atoms with Crippen LogP contribution < -0.4 is 5.32 Å². The molecule has 2 heteroatoms. The molecule has 1 aliphatic rings. The Bertz CT molecular complexity index is 616. The Kier molecular flexibility index (Phi) is 4.46. The fourth-order valence-electron chi connectivity index (χ4n) is 3.06. The molecule has 0 aliphatic heterocycles. The maximum absolute atomic E-state index is 3.71. The summed E-state index contributed by atoms with van der Waals surface area (Å²) in [6, 6.07) is 16.2. The predicted molar refractivity (Wildman–Crippen MR) is 92.6 cm³/mol. The van der Waals surface area contributed by atoms with Crippen LogP contribution in [0.25, 0.3) is 0 Å². The zero-order valence-electron chi connectivity index (χ0n) is 12.7. The van der Waals surface area contributed by atoms with Gasteiger partial charge in [-0.3, -0.25) is 0 Å². The van der Waals surface area contributed by atoms with Crippen LogP contribution in [0.4, 0.5) is 0 Å². The highest BCUT2D eigenvalue weighted by Crippen LogP contribution is 2.33. The van der Waals surface area contributed by atoms with Crippen LogP contribution in [0.2, 0.25) is 0 Å². The first-order valence-corrected chi connectivity index (χ1v) is 8.53. The highest BCUT2D eigenvalue weighted by molar-refractivity contribution is 9.10. The average molecular weight is 344 g/mol. The van der Waals surface area contributed by atoms with Crippen molar-refractivity contribution in [3.63, 3.8) is 0 Å². The van der Waals surface area contributed by atoms with Crippen molar-refractivity contribution in [3.05, 3.63) is 69.2 Å². The lowest BCUT2D eigenvalue weighted by Gasteiger charge is -2.15. The smallest absolute Gasteiger partial charge is 0.0329 e. The van der Waals surface area contributed by atoms with Crippen molar-refractivity contribution in [2.45, 2.75) is 45.2 Å². The molecule has 1 nitrogen and oxygen atoms in total. The third-order valence-corrected chi connectivity index (χ3v) is 4.88. The molecular formula is C19H22BrN. The maximum Gasteiger partial charge on any atom is 0.0329 e. The van der Waals surface area contributed by atoms with Gasteiger partial charge in [0.1, 0.15) is 0 Å². The zero-order valence-corrected chi connectivity index (χ0v) is 14.3. The summed E-state index contributed by atoms with van der Waals surface area (Å²) in [7, 11) is 0. The van der Waals surface area contributed by atoms with Gasteiger partial charge in [-0.15, -0.1) is 0 Å². The lowest BCUT2D eigenvalue weighted by atomic mass is 10.0. The Morgan fingerprint density at radius 3 is 2.62 bits per heavy atom. The molecule has 1 unspecified atom stereocenters. The van der Waals surface area contributed by atoms with Crippen molar-refractivity contribution in [3.8, 4) is 0 Å². The van der Waals surface area contributed by atoms with Gasteiger partial charge in [0, 0.05) is 17.1 Å². The SMILES string of the molecule is CC(C)c1ccc(CNC2CCc3cc(Br)ccc32)cc1. The van der Waals surface area contributed by atoms with Gasteiger partial charge >= 0.3 is 0 Å². The average Bonchev–Trinajstić information content (AvgIpc) is 2.87. The minimum Gasteiger partial charge on any atom is -0.306 e. The second kappa shape index (κ2) is 6.33. The van der Waals surface area contributed by atoms with Crippen LogP contribution in [0.5, 0.6) is 0 Å². The molecule has 0 saturated carbocycles. The van der Waals surface area contributed by atoms with Gasteiger partial charge < -0.3 is 5.32 Å². The molecule has 0 fully saturated rings. The van der Waals surface area contributed by atoms with Crippen LogP contribution in [-0.2, 0) is 13.0 Å². The zero-order chi connectivity index (χ0) is 14.8. The predicted octanol–water partition coefficient (Wildman–Crippen LogP) is 5.35. The van der Waals surface area contributed by atoms with Crippen molar-refractivity contribution in [1.29, 1.82) is 0 Å². The summed E-state index contributed by atoms with van der Waals surface area (Å²) >= 11 is 3.56. The summed E-state index contributed by atoms with van der Waals surface area (Å²) in [5, 5.41) is 3.71. The Balaban J connectivity index is 1.64. The largest absolute Gasteiger partial charge is 0.306 e. The van der Waals surface area contributed by atoms with E-state index in [-0.39, 0.29) is 0 Å². The van der Waals surface area contributed by atoms with Crippen LogP contribution in [0.15, 0.2) is 46.9 Å². The van der Waals surface area contributed by atoms with E-state index in [9.17, 15) is 0 Å². The molecule has 0 saturated heterocycles. The Labute approximate surface area is 135 Å². The third kappa shape index (κ3) is 3.38. The molecule has 21 heavy (non-hydrogen) atoms.